The second kappa shape index (κ2) is 13.8. The predicted molar refractivity (Wildman–Crippen MR) is 172 cm³/mol. The molecule has 3 atom stereocenters. The Hall–Kier alpha value is -5.02. The maximum Gasteiger partial charge on any atom is 0.257 e. The summed E-state index contributed by atoms with van der Waals surface area (Å²) in [6.45, 7) is 6.34. The van der Waals surface area contributed by atoms with Crippen LogP contribution in [0.2, 0.25) is 0 Å². The third-order valence-electron chi connectivity index (χ3n) is 9.08. The second-order valence-electron chi connectivity index (χ2n) is 13.0. The van der Waals surface area contributed by atoms with Gasteiger partial charge in [-0.05, 0) is 31.9 Å². The van der Waals surface area contributed by atoms with Crippen molar-refractivity contribution >= 4 is 23.6 Å². The van der Waals surface area contributed by atoms with Gasteiger partial charge in [-0.1, -0.05) is 60.7 Å². The second-order valence-corrected chi connectivity index (χ2v) is 13.0. The SMILES string of the molecule is CNC(=O)[C@@H](NC(=O)[C@H]1CN(C(=O)c2cnn(Cc3ccccc3)c2)CC12CN(C(=O)C(C)(C)C#N)C2)[C@@H](C)OCc1ccccc1. The average Bonchev–Trinajstić information content (AvgIpc) is 3.71. The lowest BCUT2D eigenvalue weighted by molar-refractivity contribution is -0.155. The number of aromatic nitrogens is 2. The molecular formula is C35H41N7O5. The molecular weight excluding hydrogens is 598 g/mol. The normalized spacial score (nSPS) is 18.1. The number of likely N-dealkylation sites (tertiary alicyclic amines) is 2. The summed E-state index contributed by atoms with van der Waals surface area (Å²) < 4.78 is 7.69. The summed E-state index contributed by atoms with van der Waals surface area (Å²) in [5, 5.41) is 19.4. The topological polar surface area (TPSA) is 150 Å². The van der Waals surface area contributed by atoms with E-state index in [1.54, 1.807) is 41.4 Å². The van der Waals surface area contributed by atoms with Crippen LogP contribution < -0.4 is 10.6 Å². The van der Waals surface area contributed by atoms with E-state index in [9.17, 15) is 24.4 Å². The maximum absolute atomic E-state index is 14.0. The highest BCUT2D eigenvalue weighted by atomic mass is 16.5. The Labute approximate surface area is 274 Å². The van der Waals surface area contributed by atoms with Crippen molar-refractivity contribution in [2.45, 2.75) is 46.1 Å². The number of nitrogens with one attached hydrogen (secondary N) is 2. The monoisotopic (exact) mass is 639 g/mol. The standard InChI is InChI=1S/C35H41N7O5/c1-24(47-19-26-13-9-6-10-14-26)29(31(44)37-4)39-30(43)28-18-40(21-35(28)22-41(23-35)33(46)34(2,3)20-36)32(45)27-15-38-42(17-27)16-25-11-7-5-8-12-25/h5-15,17,24,28-29H,16,18-19,21-23H2,1-4H3,(H,37,44)(H,39,43)/t24-,28-,29+/m1/s1. The van der Waals surface area contributed by atoms with Crippen LogP contribution >= 0.6 is 0 Å². The Balaban J connectivity index is 1.33. The van der Waals surface area contributed by atoms with Crippen molar-refractivity contribution in [2.24, 2.45) is 16.7 Å². The lowest BCUT2D eigenvalue weighted by Crippen LogP contribution is -2.66. The maximum atomic E-state index is 14.0. The van der Waals surface area contributed by atoms with E-state index in [1.165, 1.54) is 13.2 Å². The largest absolute Gasteiger partial charge is 0.371 e. The summed E-state index contributed by atoms with van der Waals surface area (Å²) in [7, 11) is 1.49. The number of carbonyl (C=O) groups is 4. The summed E-state index contributed by atoms with van der Waals surface area (Å²) in [6, 6.07) is 20.3. The number of nitrogens with zero attached hydrogens (tertiary/aromatic N) is 5. The molecule has 0 unspecified atom stereocenters. The van der Waals surface area contributed by atoms with Gasteiger partial charge in [0.1, 0.15) is 11.5 Å². The lowest BCUT2D eigenvalue weighted by Gasteiger charge is -2.51. The first-order valence-electron chi connectivity index (χ1n) is 15.7. The fourth-order valence-electron chi connectivity index (χ4n) is 6.32. The van der Waals surface area contributed by atoms with E-state index in [1.807, 2.05) is 66.7 Å². The van der Waals surface area contributed by atoms with E-state index in [-0.39, 0.29) is 44.6 Å². The van der Waals surface area contributed by atoms with Gasteiger partial charge in [0.15, 0.2) is 0 Å². The van der Waals surface area contributed by atoms with Gasteiger partial charge in [0.05, 0.1) is 43.0 Å². The van der Waals surface area contributed by atoms with Crippen molar-refractivity contribution in [1.82, 2.24) is 30.2 Å². The molecule has 2 N–H and O–H groups in total. The minimum atomic E-state index is -1.23. The highest BCUT2D eigenvalue weighted by molar-refractivity contribution is 5.96. The van der Waals surface area contributed by atoms with Crippen LogP contribution in [0.5, 0.6) is 0 Å². The summed E-state index contributed by atoms with van der Waals surface area (Å²) in [4.78, 5) is 57.1. The highest BCUT2D eigenvalue weighted by Gasteiger charge is 2.60. The number of ether oxygens (including phenoxy) is 1. The quantitative estimate of drug-likeness (QED) is 0.327. The number of hydrogen-bond donors (Lipinski definition) is 2. The Morgan fingerprint density at radius 3 is 2.26 bits per heavy atom. The molecule has 2 fully saturated rings. The zero-order valence-corrected chi connectivity index (χ0v) is 27.2. The molecule has 12 heteroatoms. The number of carbonyl (C=O) groups excluding carboxylic acids is 4. The van der Waals surface area contributed by atoms with Crippen molar-refractivity contribution in [3.8, 4) is 6.07 Å². The van der Waals surface area contributed by atoms with Gasteiger partial charge in [-0.3, -0.25) is 23.9 Å². The molecule has 0 radical (unpaired) electrons. The number of hydrogen-bond acceptors (Lipinski definition) is 7. The predicted octanol–water partition coefficient (Wildman–Crippen LogP) is 2.22. The minimum absolute atomic E-state index is 0.0952. The molecule has 0 bridgehead atoms. The van der Waals surface area contributed by atoms with E-state index < -0.39 is 40.7 Å². The van der Waals surface area contributed by atoms with Gasteiger partial charge in [-0.2, -0.15) is 10.4 Å². The van der Waals surface area contributed by atoms with Crippen LogP contribution in [0.3, 0.4) is 0 Å². The summed E-state index contributed by atoms with van der Waals surface area (Å²) in [5.41, 5.74) is 0.385. The van der Waals surface area contributed by atoms with Crippen molar-refractivity contribution < 1.29 is 23.9 Å². The Morgan fingerprint density at radius 2 is 1.64 bits per heavy atom. The number of amides is 4. The van der Waals surface area contributed by atoms with Crippen LogP contribution in [0.4, 0.5) is 0 Å². The van der Waals surface area contributed by atoms with Gasteiger partial charge in [-0.25, -0.2) is 0 Å². The van der Waals surface area contributed by atoms with E-state index in [2.05, 4.69) is 15.7 Å². The molecule has 12 nitrogen and oxygen atoms in total. The third-order valence-corrected chi connectivity index (χ3v) is 9.08. The summed E-state index contributed by atoms with van der Waals surface area (Å²) in [5.74, 6) is -2.14. The summed E-state index contributed by atoms with van der Waals surface area (Å²) >= 11 is 0. The van der Waals surface area contributed by atoms with Crippen LogP contribution in [0.1, 0.15) is 42.3 Å². The average molecular weight is 640 g/mol. The molecule has 1 aromatic heterocycles. The molecule has 2 aliphatic heterocycles. The van der Waals surface area contributed by atoms with Crippen LogP contribution in [0, 0.1) is 28.1 Å². The van der Waals surface area contributed by atoms with E-state index in [0.717, 1.165) is 11.1 Å². The van der Waals surface area contributed by atoms with Gasteiger partial charge >= 0.3 is 0 Å². The minimum Gasteiger partial charge on any atom is -0.371 e. The molecule has 2 aromatic carbocycles. The van der Waals surface area contributed by atoms with E-state index in [4.69, 9.17) is 4.74 Å². The van der Waals surface area contributed by atoms with Crippen molar-refractivity contribution in [1.29, 1.82) is 5.26 Å². The number of rotatable bonds is 11. The van der Waals surface area contributed by atoms with Crippen molar-refractivity contribution in [3.05, 3.63) is 89.7 Å². The molecule has 47 heavy (non-hydrogen) atoms. The molecule has 5 rings (SSSR count). The molecule has 0 aliphatic carbocycles. The van der Waals surface area contributed by atoms with Crippen LogP contribution in [0.25, 0.3) is 0 Å². The first kappa shape index (κ1) is 33.3. The molecule has 1 spiro atoms. The first-order chi connectivity index (χ1) is 22.5. The number of likely N-dealkylation sites (N-methyl/N-ethyl adjacent to an activating group) is 1. The third kappa shape index (κ3) is 7.20. The summed E-state index contributed by atoms with van der Waals surface area (Å²) in [6.07, 6.45) is 2.54. The van der Waals surface area contributed by atoms with Gasteiger partial charge in [0, 0.05) is 44.8 Å². The Morgan fingerprint density at radius 1 is 1.02 bits per heavy atom. The molecule has 4 amide bonds. The molecule has 246 valence electrons. The lowest BCUT2D eigenvalue weighted by atomic mass is 9.70. The fraction of sp³-hybridized carbons (Fsp3) is 0.429. The molecule has 2 saturated heterocycles. The van der Waals surface area contributed by atoms with Crippen LogP contribution in [0.15, 0.2) is 73.1 Å². The van der Waals surface area contributed by atoms with Gasteiger partial charge in [0.2, 0.25) is 17.7 Å². The van der Waals surface area contributed by atoms with Crippen molar-refractivity contribution in [3.63, 3.8) is 0 Å². The number of nitriles is 1. The molecule has 0 saturated carbocycles. The molecule has 2 aliphatic rings. The highest BCUT2D eigenvalue weighted by Crippen LogP contribution is 2.46. The smallest absolute Gasteiger partial charge is 0.257 e. The Bertz CT molecular complexity index is 1640. The van der Waals surface area contributed by atoms with Crippen molar-refractivity contribution in [2.75, 3.05) is 33.2 Å². The molecule has 3 heterocycles. The zero-order chi connectivity index (χ0) is 33.8. The van der Waals surface area contributed by atoms with E-state index >= 15 is 0 Å². The van der Waals surface area contributed by atoms with Gasteiger partial charge in [-0.15, -0.1) is 0 Å². The molecule has 3 aromatic rings. The van der Waals surface area contributed by atoms with Crippen LogP contribution in [-0.2, 0) is 32.3 Å². The van der Waals surface area contributed by atoms with Gasteiger partial charge < -0.3 is 25.2 Å². The van der Waals surface area contributed by atoms with Gasteiger partial charge in [0.25, 0.3) is 5.91 Å². The zero-order valence-electron chi connectivity index (χ0n) is 27.2. The van der Waals surface area contributed by atoms with Crippen LogP contribution in [-0.4, -0.2) is 88.6 Å². The Kier molecular flexibility index (Phi) is 9.77. The van der Waals surface area contributed by atoms with E-state index in [0.29, 0.717) is 12.1 Å². The fourth-order valence-corrected chi connectivity index (χ4v) is 6.32. The first-order valence-corrected chi connectivity index (χ1v) is 15.7. The number of benzene rings is 2.